The van der Waals surface area contributed by atoms with Crippen molar-refractivity contribution < 1.29 is 4.74 Å². The highest BCUT2D eigenvalue weighted by Crippen LogP contribution is 2.22. The average molecular weight is 243 g/mol. The third-order valence-electron chi connectivity index (χ3n) is 2.91. The molecule has 3 heteroatoms. The topological polar surface area (TPSA) is 14.2 Å². The molecule has 3 rings (SSSR count). The van der Waals surface area contributed by atoms with Gasteiger partial charge < -0.3 is 9.30 Å². The molecule has 0 aliphatic heterocycles. The van der Waals surface area contributed by atoms with Crippen LogP contribution in [-0.4, -0.2) is 11.7 Å². The van der Waals surface area contributed by atoms with E-state index in [2.05, 4.69) is 45.8 Å². The Hall–Kier alpha value is -1.74. The van der Waals surface area contributed by atoms with Crippen LogP contribution in [0.1, 0.15) is 5.56 Å². The second-order valence-electron chi connectivity index (χ2n) is 4.00. The fourth-order valence-corrected chi connectivity index (χ4v) is 2.68. The highest BCUT2D eigenvalue weighted by atomic mass is 32.1. The van der Waals surface area contributed by atoms with E-state index in [1.165, 1.54) is 16.5 Å². The minimum atomic E-state index is 0.908. The summed E-state index contributed by atoms with van der Waals surface area (Å²) in [5.41, 5.74) is 2.60. The van der Waals surface area contributed by atoms with Crippen LogP contribution < -0.4 is 4.74 Å². The molecule has 0 N–H and O–H groups in total. The van der Waals surface area contributed by atoms with E-state index in [1.54, 1.807) is 18.4 Å². The Bertz CT molecular complexity index is 625. The molecule has 0 saturated carbocycles. The smallest absolute Gasteiger partial charge is 0.119 e. The van der Waals surface area contributed by atoms with Crippen LogP contribution in [0.5, 0.6) is 5.75 Å². The van der Waals surface area contributed by atoms with Gasteiger partial charge in [0.2, 0.25) is 0 Å². The van der Waals surface area contributed by atoms with Crippen LogP contribution in [0.15, 0.2) is 47.3 Å². The molecule has 86 valence electrons. The summed E-state index contributed by atoms with van der Waals surface area (Å²) in [4.78, 5) is 0. The standard InChI is InChI=1S/C14H13NOS/c1-16-13-2-3-14-12(8-13)4-6-15(14)9-11-5-7-17-10-11/h2-8,10H,9H2,1H3. The maximum atomic E-state index is 5.23. The largest absolute Gasteiger partial charge is 0.497 e. The van der Waals surface area contributed by atoms with Crippen molar-refractivity contribution >= 4 is 22.2 Å². The number of ether oxygens (including phenoxy) is 1. The fraction of sp³-hybridized carbons (Fsp3) is 0.143. The molecule has 0 fully saturated rings. The number of aromatic nitrogens is 1. The normalized spacial score (nSPS) is 10.9. The third-order valence-corrected chi connectivity index (χ3v) is 3.64. The van der Waals surface area contributed by atoms with Gasteiger partial charge in [-0.2, -0.15) is 11.3 Å². The van der Waals surface area contributed by atoms with Crippen molar-refractivity contribution in [1.29, 1.82) is 0 Å². The lowest BCUT2D eigenvalue weighted by molar-refractivity contribution is 0.415. The van der Waals surface area contributed by atoms with Crippen molar-refractivity contribution in [3.8, 4) is 5.75 Å². The first-order valence-corrected chi connectivity index (χ1v) is 6.45. The van der Waals surface area contributed by atoms with Gasteiger partial charge in [0, 0.05) is 23.6 Å². The number of rotatable bonds is 3. The van der Waals surface area contributed by atoms with E-state index in [-0.39, 0.29) is 0 Å². The monoisotopic (exact) mass is 243 g/mol. The van der Waals surface area contributed by atoms with E-state index in [4.69, 9.17) is 4.74 Å². The van der Waals surface area contributed by atoms with Gasteiger partial charge in [0.15, 0.2) is 0 Å². The van der Waals surface area contributed by atoms with Gasteiger partial charge in [0.25, 0.3) is 0 Å². The summed E-state index contributed by atoms with van der Waals surface area (Å²) in [6.45, 7) is 0.930. The van der Waals surface area contributed by atoms with Crippen LogP contribution >= 0.6 is 11.3 Å². The zero-order valence-corrected chi connectivity index (χ0v) is 10.4. The average Bonchev–Trinajstić information content (AvgIpc) is 2.99. The summed E-state index contributed by atoms with van der Waals surface area (Å²) in [7, 11) is 1.70. The van der Waals surface area contributed by atoms with Gasteiger partial charge >= 0.3 is 0 Å². The quantitative estimate of drug-likeness (QED) is 0.683. The number of methoxy groups -OCH3 is 1. The summed E-state index contributed by atoms with van der Waals surface area (Å²) >= 11 is 1.74. The summed E-state index contributed by atoms with van der Waals surface area (Å²) in [5.74, 6) is 0.908. The van der Waals surface area contributed by atoms with E-state index < -0.39 is 0 Å². The van der Waals surface area contributed by atoms with Gasteiger partial charge in [-0.05, 0) is 46.7 Å². The van der Waals surface area contributed by atoms with Gasteiger partial charge in [0.05, 0.1) is 7.11 Å². The summed E-state index contributed by atoms with van der Waals surface area (Å²) in [6.07, 6.45) is 2.13. The first-order chi connectivity index (χ1) is 8.36. The Morgan fingerprint density at radius 2 is 2.18 bits per heavy atom. The molecular formula is C14H13NOS. The van der Waals surface area contributed by atoms with E-state index in [0.717, 1.165) is 12.3 Å². The molecule has 2 heterocycles. The van der Waals surface area contributed by atoms with Gasteiger partial charge in [-0.3, -0.25) is 0 Å². The number of hydrogen-bond donors (Lipinski definition) is 0. The van der Waals surface area contributed by atoms with Crippen LogP contribution in [0.4, 0.5) is 0 Å². The second kappa shape index (κ2) is 4.26. The van der Waals surface area contributed by atoms with Crippen molar-refractivity contribution in [1.82, 2.24) is 4.57 Å². The molecule has 0 aliphatic rings. The van der Waals surface area contributed by atoms with E-state index in [9.17, 15) is 0 Å². The fourth-order valence-electron chi connectivity index (χ4n) is 2.02. The third kappa shape index (κ3) is 1.94. The molecule has 0 saturated heterocycles. The maximum absolute atomic E-state index is 5.23. The SMILES string of the molecule is COc1ccc2c(ccn2Cc2ccsc2)c1. The van der Waals surface area contributed by atoms with Crippen molar-refractivity contribution in [2.45, 2.75) is 6.54 Å². The van der Waals surface area contributed by atoms with Crippen LogP contribution in [0.2, 0.25) is 0 Å². The highest BCUT2D eigenvalue weighted by Gasteiger charge is 2.03. The molecular weight excluding hydrogens is 230 g/mol. The molecule has 0 radical (unpaired) electrons. The van der Waals surface area contributed by atoms with E-state index in [1.807, 2.05) is 6.07 Å². The van der Waals surface area contributed by atoms with Crippen LogP contribution in [0.3, 0.4) is 0 Å². The predicted molar refractivity (Wildman–Crippen MR) is 71.9 cm³/mol. The van der Waals surface area contributed by atoms with E-state index in [0.29, 0.717) is 0 Å². The Balaban J connectivity index is 2.00. The number of nitrogens with zero attached hydrogens (tertiary/aromatic N) is 1. The maximum Gasteiger partial charge on any atom is 0.119 e. The molecule has 0 spiro atoms. The Morgan fingerprint density at radius 1 is 1.24 bits per heavy atom. The molecule has 0 atom stereocenters. The molecule has 17 heavy (non-hydrogen) atoms. The number of hydrogen-bond acceptors (Lipinski definition) is 2. The Labute approximate surface area is 104 Å². The zero-order chi connectivity index (χ0) is 11.7. The van der Waals surface area contributed by atoms with Crippen molar-refractivity contribution in [3.05, 3.63) is 52.9 Å². The van der Waals surface area contributed by atoms with Crippen LogP contribution in [0.25, 0.3) is 10.9 Å². The lowest BCUT2D eigenvalue weighted by Crippen LogP contribution is -1.95. The summed E-state index contributed by atoms with van der Waals surface area (Å²) < 4.78 is 7.49. The number of thiophene rings is 1. The minimum Gasteiger partial charge on any atom is -0.497 e. The molecule has 0 amide bonds. The molecule has 1 aromatic carbocycles. The van der Waals surface area contributed by atoms with Gasteiger partial charge in [-0.1, -0.05) is 0 Å². The lowest BCUT2D eigenvalue weighted by Gasteiger charge is -2.04. The second-order valence-corrected chi connectivity index (χ2v) is 4.78. The number of benzene rings is 1. The van der Waals surface area contributed by atoms with Crippen LogP contribution in [0, 0.1) is 0 Å². The van der Waals surface area contributed by atoms with Gasteiger partial charge in [-0.25, -0.2) is 0 Å². The van der Waals surface area contributed by atoms with Crippen molar-refractivity contribution in [3.63, 3.8) is 0 Å². The molecule has 0 bridgehead atoms. The minimum absolute atomic E-state index is 0.908. The molecule has 2 nitrogen and oxygen atoms in total. The molecule has 0 unspecified atom stereocenters. The van der Waals surface area contributed by atoms with Crippen molar-refractivity contribution in [2.75, 3.05) is 7.11 Å². The Kier molecular flexibility index (Phi) is 2.61. The Morgan fingerprint density at radius 3 is 2.94 bits per heavy atom. The van der Waals surface area contributed by atoms with E-state index >= 15 is 0 Å². The van der Waals surface area contributed by atoms with Crippen LogP contribution in [-0.2, 0) is 6.54 Å². The van der Waals surface area contributed by atoms with Gasteiger partial charge in [0.1, 0.15) is 5.75 Å². The molecule has 0 aliphatic carbocycles. The summed E-state index contributed by atoms with van der Waals surface area (Å²) in [6, 6.07) is 10.5. The summed E-state index contributed by atoms with van der Waals surface area (Å²) in [5, 5.41) is 5.53. The predicted octanol–water partition coefficient (Wildman–Crippen LogP) is 3.76. The highest BCUT2D eigenvalue weighted by molar-refractivity contribution is 7.07. The molecule has 2 aromatic heterocycles. The molecule has 3 aromatic rings. The number of fused-ring (bicyclic) bond motifs is 1. The zero-order valence-electron chi connectivity index (χ0n) is 9.59. The van der Waals surface area contributed by atoms with Gasteiger partial charge in [-0.15, -0.1) is 0 Å². The first-order valence-electron chi connectivity index (χ1n) is 5.51. The van der Waals surface area contributed by atoms with Crippen molar-refractivity contribution in [2.24, 2.45) is 0 Å². The lowest BCUT2D eigenvalue weighted by atomic mass is 10.2. The first kappa shape index (κ1) is 10.4.